The molecular weight excluding hydrogens is 260 g/mol. The standard InChI is InChI=1S/C19H30O2/c1-4-7-8-9-12-21-18-13-16(10-5-2)19(15-20)17(14-18)11-6-3/h13-15H,4-12H2,1-3H3. The van der Waals surface area contributed by atoms with Crippen LogP contribution in [0.3, 0.4) is 0 Å². The number of aldehydes is 1. The fourth-order valence-electron chi connectivity index (χ4n) is 2.65. The van der Waals surface area contributed by atoms with E-state index in [1.807, 2.05) is 0 Å². The lowest BCUT2D eigenvalue weighted by atomic mass is 9.95. The van der Waals surface area contributed by atoms with Crippen LogP contribution in [0.5, 0.6) is 5.75 Å². The monoisotopic (exact) mass is 290 g/mol. The summed E-state index contributed by atoms with van der Waals surface area (Å²) < 4.78 is 5.91. The van der Waals surface area contributed by atoms with Crippen molar-refractivity contribution in [3.05, 3.63) is 28.8 Å². The summed E-state index contributed by atoms with van der Waals surface area (Å²) in [5.41, 5.74) is 3.17. The van der Waals surface area contributed by atoms with Crippen LogP contribution in [0.15, 0.2) is 12.1 Å². The summed E-state index contributed by atoms with van der Waals surface area (Å²) in [4.78, 5) is 11.4. The number of hydrogen-bond acceptors (Lipinski definition) is 2. The molecule has 0 spiro atoms. The molecule has 0 aromatic heterocycles. The van der Waals surface area contributed by atoms with Crippen LogP contribution in [0, 0.1) is 0 Å². The molecule has 0 radical (unpaired) electrons. The average molecular weight is 290 g/mol. The van der Waals surface area contributed by atoms with Gasteiger partial charge in [0.15, 0.2) is 6.29 Å². The summed E-state index contributed by atoms with van der Waals surface area (Å²) in [7, 11) is 0. The zero-order valence-corrected chi connectivity index (χ0v) is 13.9. The molecule has 1 rings (SSSR count). The molecular formula is C19H30O2. The summed E-state index contributed by atoms with van der Waals surface area (Å²) >= 11 is 0. The molecule has 0 amide bonds. The molecule has 0 atom stereocenters. The van der Waals surface area contributed by atoms with Crippen molar-refractivity contribution in [1.82, 2.24) is 0 Å². The number of unbranched alkanes of at least 4 members (excludes halogenated alkanes) is 3. The molecule has 0 N–H and O–H groups in total. The van der Waals surface area contributed by atoms with Gasteiger partial charge in [0.2, 0.25) is 0 Å². The van der Waals surface area contributed by atoms with Gasteiger partial charge in [-0.3, -0.25) is 4.79 Å². The molecule has 0 unspecified atom stereocenters. The van der Waals surface area contributed by atoms with Crippen molar-refractivity contribution in [3.8, 4) is 5.75 Å². The summed E-state index contributed by atoms with van der Waals surface area (Å²) in [6.45, 7) is 7.28. The van der Waals surface area contributed by atoms with Gasteiger partial charge in [-0.15, -0.1) is 0 Å². The van der Waals surface area contributed by atoms with Crippen molar-refractivity contribution in [3.63, 3.8) is 0 Å². The first-order chi connectivity index (χ1) is 10.3. The highest BCUT2D eigenvalue weighted by molar-refractivity contribution is 5.80. The van der Waals surface area contributed by atoms with Gasteiger partial charge in [-0.25, -0.2) is 0 Å². The predicted octanol–water partition coefficient (Wildman–Crippen LogP) is 5.36. The van der Waals surface area contributed by atoms with Gasteiger partial charge in [-0.2, -0.15) is 0 Å². The topological polar surface area (TPSA) is 26.3 Å². The van der Waals surface area contributed by atoms with Gasteiger partial charge in [-0.1, -0.05) is 52.9 Å². The summed E-state index contributed by atoms with van der Waals surface area (Å²) in [5, 5.41) is 0. The van der Waals surface area contributed by atoms with E-state index in [-0.39, 0.29) is 0 Å². The third-order valence-electron chi connectivity index (χ3n) is 3.75. The van der Waals surface area contributed by atoms with E-state index < -0.39 is 0 Å². The minimum atomic E-state index is 0.775. The quantitative estimate of drug-likeness (QED) is 0.405. The molecule has 2 heteroatoms. The van der Waals surface area contributed by atoms with Crippen molar-refractivity contribution in [2.75, 3.05) is 6.61 Å². The first-order valence-corrected chi connectivity index (χ1v) is 8.50. The van der Waals surface area contributed by atoms with E-state index in [4.69, 9.17) is 4.74 Å². The van der Waals surface area contributed by atoms with Crippen LogP contribution >= 0.6 is 0 Å². The SMILES string of the molecule is CCCCCCOc1cc(CCC)c(C=O)c(CCC)c1. The lowest BCUT2D eigenvalue weighted by molar-refractivity contribution is 0.112. The van der Waals surface area contributed by atoms with E-state index in [1.54, 1.807) is 0 Å². The number of benzene rings is 1. The van der Waals surface area contributed by atoms with Crippen LogP contribution < -0.4 is 4.74 Å². The zero-order valence-electron chi connectivity index (χ0n) is 13.9. The van der Waals surface area contributed by atoms with E-state index in [1.165, 1.54) is 19.3 Å². The number of carbonyl (C=O) groups excluding carboxylic acids is 1. The van der Waals surface area contributed by atoms with Crippen molar-refractivity contribution in [2.24, 2.45) is 0 Å². The average Bonchev–Trinajstić information content (AvgIpc) is 2.48. The number of ether oxygens (including phenoxy) is 1. The van der Waals surface area contributed by atoms with Gasteiger partial charge in [0.25, 0.3) is 0 Å². The largest absolute Gasteiger partial charge is 0.494 e. The van der Waals surface area contributed by atoms with E-state index in [0.29, 0.717) is 0 Å². The highest BCUT2D eigenvalue weighted by atomic mass is 16.5. The molecule has 0 heterocycles. The molecule has 0 saturated carbocycles. The van der Waals surface area contributed by atoms with E-state index in [9.17, 15) is 4.79 Å². The molecule has 1 aromatic rings. The van der Waals surface area contributed by atoms with E-state index >= 15 is 0 Å². The molecule has 0 aliphatic heterocycles. The molecule has 1 aromatic carbocycles. The predicted molar refractivity (Wildman–Crippen MR) is 89.5 cm³/mol. The van der Waals surface area contributed by atoms with Gasteiger partial charge >= 0.3 is 0 Å². The van der Waals surface area contributed by atoms with E-state index in [0.717, 1.165) is 67.4 Å². The fourth-order valence-corrected chi connectivity index (χ4v) is 2.65. The second kappa shape index (κ2) is 10.4. The molecule has 0 aliphatic rings. The Balaban J connectivity index is 2.80. The maximum Gasteiger partial charge on any atom is 0.150 e. The van der Waals surface area contributed by atoms with Gasteiger partial charge in [0, 0.05) is 5.56 Å². The second-order valence-electron chi connectivity index (χ2n) is 5.68. The van der Waals surface area contributed by atoms with Crippen LogP contribution in [0.4, 0.5) is 0 Å². The third kappa shape index (κ3) is 5.91. The Labute approximate surface area is 129 Å². The Morgan fingerprint density at radius 1 is 0.905 bits per heavy atom. The Kier molecular flexibility index (Phi) is 8.80. The second-order valence-corrected chi connectivity index (χ2v) is 5.68. The highest BCUT2D eigenvalue weighted by Crippen LogP contribution is 2.24. The number of aryl methyl sites for hydroxylation is 2. The van der Waals surface area contributed by atoms with Crippen LogP contribution in [0.25, 0.3) is 0 Å². The van der Waals surface area contributed by atoms with Crippen LogP contribution in [-0.4, -0.2) is 12.9 Å². The minimum absolute atomic E-state index is 0.775. The summed E-state index contributed by atoms with van der Waals surface area (Å²) in [6.07, 6.45) is 9.85. The van der Waals surface area contributed by atoms with Gasteiger partial charge in [0.1, 0.15) is 5.75 Å². The van der Waals surface area contributed by atoms with Gasteiger partial charge in [0.05, 0.1) is 6.61 Å². The van der Waals surface area contributed by atoms with Crippen LogP contribution in [-0.2, 0) is 12.8 Å². The maximum atomic E-state index is 11.4. The lowest BCUT2D eigenvalue weighted by Crippen LogP contribution is -2.03. The Morgan fingerprint density at radius 3 is 2.00 bits per heavy atom. The smallest absolute Gasteiger partial charge is 0.150 e. The first kappa shape index (κ1) is 17.7. The molecule has 0 bridgehead atoms. The third-order valence-corrected chi connectivity index (χ3v) is 3.75. The van der Waals surface area contributed by atoms with Gasteiger partial charge < -0.3 is 4.74 Å². The molecule has 0 fully saturated rings. The Bertz CT molecular complexity index is 397. The highest BCUT2D eigenvalue weighted by Gasteiger charge is 2.10. The van der Waals surface area contributed by atoms with Crippen molar-refractivity contribution in [1.29, 1.82) is 0 Å². The summed E-state index contributed by atoms with van der Waals surface area (Å²) in [6, 6.07) is 4.12. The zero-order chi connectivity index (χ0) is 15.5. The van der Waals surface area contributed by atoms with Crippen molar-refractivity contribution >= 4 is 6.29 Å². The molecule has 0 aliphatic carbocycles. The number of hydrogen-bond donors (Lipinski definition) is 0. The molecule has 0 saturated heterocycles. The normalized spacial score (nSPS) is 10.6. The fraction of sp³-hybridized carbons (Fsp3) is 0.632. The Hall–Kier alpha value is -1.31. The van der Waals surface area contributed by atoms with Gasteiger partial charge in [-0.05, 0) is 42.5 Å². The van der Waals surface area contributed by atoms with E-state index in [2.05, 4.69) is 32.9 Å². The molecule has 118 valence electrons. The molecule has 21 heavy (non-hydrogen) atoms. The number of rotatable bonds is 11. The van der Waals surface area contributed by atoms with Crippen LogP contribution in [0.1, 0.15) is 80.8 Å². The maximum absolute atomic E-state index is 11.4. The number of carbonyl (C=O) groups is 1. The minimum Gasteiger partial charge on any atom is -0.494 e. The van der Waals surface area contributed by atoms with Crippen LogP contribution in [0.2, 0.25) is 0 Å². The van der Waals surface area contributed by atoms with Crippen molar-refractivity contribution in [2.45, 2.75) is 72.1 Å². The summed E-state index contributed by atoms with van der Waals surface area (Å²) in [5.74, 6) is 0.934. The molecule has 2 nitrogen and oxygen atoms in total. The van der Waals surface area contributed by atoms with Crippen molar-refractivity contribution < 1.29 is 9.53 Å². The first-order valence-electron chi connectivity index (χ1n) is 8.50. The Morgan fingerprint density at radius 2 is 1.52 bits per heavy atom. The lowest BCUT2D eigenvalue weighted by Gasteiger charge is -2.14.